The quantitative estimate of drug-likeness (QED) is 0.771. The van der Waals surface area contributed by atoms with E-state index in [0.29, 0.717) is 12.2 Å². The molecule has 0 aromatic heterocycles. The zero-order valence-electron chi connectivity index (χ0n) is 12.8. The van der Waals surface area contributed by atoms with Crippen molar-refractivity contribution in [3.63, 3.8) is 0 Å². The van der Waals surface area contributed by atoms with E-state index >= 15 is 0 Å². The average molecular weight is 293 g/mol. The summed E-state index contributed by atoms with van der Waals surface area (Å²) >= 11 is 0. The van der Waals surface area contributed by atoms with Crippen molar-refractivity contribution in [3.8, 4) is 5.75 Å². The van der Waals surface area contributed by atoms with Gasteiger partial charge in [0.2, 0.25) is 0 Å². The van der Waals surface area contributed by atoms with Crippen LogP contribution in [0.3, 0.4) is 0 Å². The number of hydrogen-bond donors (Lipinski definition) is 2. The molecule has 1 unspecified atom stereocenters. The summed E-state index contributed by atoms with van der Waals surface area (Å²) in [6.07, 6.45) is 1.32. The van der Waals surface area contributed by atoms with Crippen LogP contribution in [0.5, 0.6) is 5.75 Å². The predicted molar refractivity (Wildman–Crippen MR) is 80.5 cm³/mol. The van der Waals surface area contributed by atoms with Crippen LogP contribution >= 0.6 is 0 Å². The van der Waals surface area contributed by atoms with Gasteiger partial charge in [-0.2, -0.15) is 0 Å². The second-order valence-electron chi connectivity index (χ2n) is 5.19. The maximum atomic E-state index is 11.7. The summed E-state index contributed by atoms with van der Waals surface area (Å²) in [7, 11) is 0. The molecule has 1 rings (SSSR count). The lowest BCUT2D eigenvalue weighted by molar-refractivity contribution is -0.142. The van der Waals surface area contributed by atoms with Gasteiger partial charge in [0.15, 0.2) is 6.61 Å². The van der Waals surface area contributed by atoms with Crippen LogP contribution in [0.1, 0.15) is 30.9 Å². The number of nitrogens with one attached hydrogen (secondary N) is 1. The Morgan fingerprint density at radius 1 is 1.33 bits per heavy atom. The molecule has 0 heterocycles. The number of carbonyl (C=O) groups excluding carboxylic acids is 1. The van der Waals surface area contributed by atoms with Gasteiger partial charge in [0, 0.05) is 6.54 Å². The van der Waals surface area contributed by atoms with Gasteiger partial charge >= 0.3 is 5.97 Å². The van der Waals surface area contributed by atoms with Crippen molar-refractivity contribution in [3.05, 3.63) is 29.3 Å². The highest BCUT2D eigenvalue weighted by Gasteiger charge is 2.17. The minimum Gasteiger partial charge on any atom is -0.484 e. The van der Waals surface area contributed by atoms with Gasteiger partial charge in [0.1, 0.15) is 5.75 Å². The van der Waals surface area contributed by atoms with E-state index in [-0.39, 0.29) is 19.1 Å². The van der Waals surface area contributed by atoms with Crippen molar-refractivity contribution in [2.45, 2.75) is 33.6 Å². The van der Waals surface area contributed by atoms with Crippen LogP contribution in [0.15, 0.2) is 18.2 Å². The molecule has 0 aliphatic heterocycles. The molecule has 0 bridgehead atoms. The van der Waals surface area contributed by atoms with E-state index in [0.717, 1.165) is 17.5 Å². The molecule has 0 saturated carbocycles. The summed E-state index contributed by atoms with van der Waals surface area (Å²) in [5, 5.41) is 11.6. The van der Waals surface area contributed by atoms with E-state index in [9.17, 15) is 9.59 Å². The lowest BCUT2D eigenvalue weighted by Gasteiger charge is -2.13. The number of rotatable bonds is 8. The first kappa shape index (κ1) is 17.0. The number of hydrogen-bond acceptors (Lipinski definition) is 3. The van der Waals surface area contributed by atoms with Crippen molar-refractivity contribution < 1.29 is 19.4 Å². The van der Waals surface area contributed by atoms with E-state index in [1.54, 1.807) is 0 Å². The molecule has 1 aromatic carbocycles. The molecule has 1 amide bonds. The number of carboxylic acid groups (broad SMARTS) is 1. The predicted octanol–water partition coefficient (Wildman–Crippen LogP) is 2.30. The van der Waals surface area contributed by atoms with Gasteiger partial charge in [-0.25, -0.2) is 0 Å². The molecule has 0 saturated heterocycles. The maximum absolute atomic E-state index is 11.7. The van der Waals surface area contributed by atoms with Gasteiger partial charge in [0.05, 0.1) is 5.92 Å². The molecule has 0 fully saturated rings. The van der Waals surface area contributed by atoms with Gasteiger partial charge in [-0.3, -0.25) is 9.59 Å². The zero-order chi connectivity index (χ0) is 15.8. The maximum Gasteiger partial charge on any atom is 0.308 e. The van der Waals surface area contributed by atoms with Crippen LogP contribution in [0.25, 0.3) is 0 Å². The topological polar surface area (TPSA) is 75.6 Å². The minimum absolute atomic E-state index is 0.109. The third-order valence-corrected chi connectivity index (χ3v) is 3.22. The lowest BCUT2D eigenvalue weighted by atomic mass is 10.0. The van der Waals surface area contributed by atoms with E-state index in [1.807, 2.05) is 39.0 Å². The highest BCUT2D eigenvalue weighted by Crippen LogP contribution is 2.18. The monoisotopic (exact) mass is 293 g/mol. The van der Waals surface area contributed by atoms with Gasteiger partial charge in [-0.1, -0.05) is 31.0 Å². The van der Waals surface area contributed by atoms with Crippen molar-refractivity contribution in [1.82, 2.24) is 5.32 Å². The Bertz CT molecular complexity index is 499. The summed E-state index contributed by atoms with van der Waals surface area (Å²) in [4.78, 5) is 22.7. The Morgan fingerprint density at radius 3 is 2.62 bits per heavy atom. The SMILES string of the molecule is CCCC(CNC(=O)COc1ccc(C)cc1C)C(=O)O. The van der Waals surface area contributed by atoms with E-state index in [1.165, 1.54) is 0 Å². The summed E-state index contributed by atoms with van der Waals surface area (Å²) in [6.45, 7) is 5.85. The van der Waals surface area contributed by atoms with Crippen LogP contribution < -0.4 is 10.1 Å². The van der Waals surface area contributed by atoms with Crippen LogP contribution in [0.2, 0.25) is 0 Å². The third-order valence-electron chi connectivity index (χ3n) is 3.22. The van der Waals surface area contributed by atoms with Gasteiger partial charge in [-0.15, -0.1) is 0 Å². The first-order valence-electron chi connectivity index (χ1n) is 7.13. The molecule has 21 heavy (non-hydrogen) atoms. The molecular formula is C16H23NO4. The normalized spacial score (nSPS) is 11.8. The molecule has 0 aliphatic carbocycles. The van der Waals surface area contributed by atoms with Crippen molar-refractivity contribution >= 4 is 11.9 Å². The molecule has 1 aromatic rings. The van der Waals surface area contributed by atoms with Crippen molar-refractivity contribution in [2.75, 3.05) is 13.2 Å². The van der Waals surface area contributed by atoms with Crippen LogP contribution in [0, 0.1) is 19.8 Å². The molecule has 5 nitrogen and oxygen atoms in total. The van der Waals surface area contributed by atoms with Crippen LogP contribution in [-0.4, -0.2) is 30.1 Å². The number of carboxylic acids is 1. The van der Waals surface area contributed by atoms with E-state index < -0.39 is 11.9 Å². The number of ether oxygens (including phenoxy) is 1. The number of carbonyl (C=O) groups is 2. The Kier molecular flexibility index (Phi) is 6.72. The molecule has 0 aliphatic rings. The number of benzene rings is 1. The average Bonchev–Trinajstić information content (AvgIpc) is 2.42. The van der Waals surface area contributed by atoms with Gasteiger partial charge in [-0.05, 0) is 31.9 Å². The fourth-order valence-corrected chi connectivity index (χ4v) is 2.05. The Labute approximate surface area is 125 Å². The van der Waals surface area contributed by atoms with Crippen molar-refractivity contribution in [2.24, 2.45) is 5.92 Å². The summed E-state index contributed by atoms with van der Waals surface area (Å²) in [5.41, 5.74) is 2.10. The second kappa shape index (κ2) is 8.29. The lowest BCUT2D eigenvalue weighted by Crippen LogP contribution is -2.35. The number of aryl methyl sites for hydroxylation is 2. The minimum atomic E-state index is -0.882. The fraction of sp³-hybridized carbons (Fsp3) is 0.500. The molecular weight excluding hydrogens is 270 g/mol. The van der Waals surface area contributed by atoms with Crippen LogP contribution in [-0.2, 0) is 9.59 Å². The van der Waals surface area contributed by atoms with E-state index in [2.05, 4.69) is 5.32 Å². The first-order valence-corrected chi connectivity index (χ1v) is 7.13. The van der Waals surface area contributed by atoms with Crippen molar-refractivity contribution in [1.29, 1.82) is 0 Å². The molecule has 5 heteroatoms. The Balaban J connectivity index is 2.41. The van der Waals surface area contributed by atoms with Gasteiger partial charge in [0.25, 0.3) is 5.91 Å². The first-order chi connectivity index (χ1) is 9.93. The van der Waals surface area contributed by atoms with Gasteiger partial charge < -0.3 is 15.2 Å². The second-order valence-corrected chi connectivity index (χ2v) is 5.19. The fourth-order valence-electron chi connectivity index (χ4n) is 2.05. The van der Waals surface area contributed by atoms with Crippen LogP contribution in [0.4, 0.5) is 0 Å². The molecule has 1 atom stereocenters. The zero-order valence-corrected chi connectivity index (χ0v) is 12.8. The standard InChI is InChI=1S/C16H23NO4/c1-4-5-13(16(19)20)9-17-15(18)10-21-14-7-6-11(2)8-12(14)3/h6-8,13H,4-5,9-10H2,1-3H3,(H,17,18)(H,19,20). The highest BCUT2D eigenvalue weighted by molar-refractivity contribution is 5.78. The molecule has 116 valence electrons. The Morgan fingerprint density at radius 2 is 2.05 bits per heavy atom. The highest BCUT2D eigenvalue weighted by atomic mass is 16.5. The Hall–Kier alpha value is -2.04. The molecule has 2 N–H and O–H groups in total. The molecule has 0 spiro atoms. The number of aliphatic carboxylic acids is 1. The number of amides is 1. The smallest absolute Gasteiger partial charge is 0.308 e. The summed E-state index contributed by atoms with van der Waals surface area (Å²) in [5.74, 6) is -1.07. The molecule has 0 radical (unpaired) electrons. The third kappa shape index (κ3) is 5.85. The largest absolute Gasteiger partial charge is 0.484 e. The summed E-state index contributed by atoms with van der Waals surface area (Å²) < 4.78 is 5.45. The van der Waals surface area contributed by atoms with E-state index in [4.69, 9.17) is 9.84 Å². The summed E-state index contributed by atoms with van der Waals surface area (Å²) in [6, 6.07) is 5.73.